The molecular weight excluding hydrogens is 524 g/mol. The maximum Gasteiger partial charge on any atom is 0.270 e. The molecule has 4 rings (SSSR count). The topological polar surface area (TPSA) is 83.6 Å². The summed E-state index contributed by atoms with van der Waals surface area (Å²) in [7, 11) is -5.07. The van der Waals surface area contributed by atoms with Crippen molar-refractivity contribution in [3.8, 4) is 0 Å². The van der Waals surface area contributed by atoms with Crippen molar-refractivity contribution in [1.29, 1.82) is 0 Å². The van der Waals surface area contributed by atoms with E-state index in [1.54, 1.807) is 18.6 Å². The normalized spacial score (nSPS) is 14.6. The van der Waals surface area contributed by atoms with E-state index in [1.165, 1.54) is 41.3 Å². The molecule has 36 heavy (non-hydrogen) atoms. The fourth-order valence-corrected chi connectivity index (χ4v) is 5.32. The molecule has 3 aromatic carbocycles. The Balaban J connectivity index is 1.71. The summed E-state index contributed by atoms with van der Waals surface area (Å²) in [5.41, 5.74) is -0.608. The highest BCUT2D eigenvalue weighted by Crippen LogP contribution is 2.43. The lowest BCUT2D eigenvalue weighted by Gasteiger charge is -2.21. The van der Waals surface area contributed by atoms with Crippen LogP contribution in [0.5, 0.6) is 0 Å². The molecular formula is C24H17ClF4N2O4S. The van der Waals surface area contributed by atoms with Gasteiger partial charge in [-0.25, -0.2) is 30.7 Å². The van der Waals surface area contributed by atoms with Crippen LogP contribution in [0.3, 0.4) is 0 Å². The Bertz CT molecular complexity index is 1500. The number of sulfonamides is 1. The van der Waals surface area contributed by atoms with E-state index in [1.807, 2.05) is 0 Å². The molecule has 0 spiro atoms. The molecule has 1 N–H and O–H groups in total. The van der Waals surface area contributed by atoms with E-state index in [9.17, 15) is 35.6 Å². The van der Waals surface area contributed by atoms with Gasteiger partial charge < -0.3 is 4.90 Å². The molecule has 0 bridgehead atoms. The van der Waals surface area contributed by atoms with Crippen molar-refractivity contribution in [3.05, 3.63) is 93.5 Å². The molecule has 1 aliphatic heterocycles. The summed E-state index contributed by atoms with van der Waals surface area (Å²) in [6.45, 7) is 2.99. The van der Waals surface area contributed by atoms with Crippen LogP contribution in [0.25, 0.3) is 0 Å². The second-order valence-electron chi connectivity index (χ2n) is 8.58. The fraction of sp³-hybridized carbons (Fsp3) is 0.167. The number of hydrogen-bond acceptors (Lipinski definition) is 4. The average Bonchev–Trinajstić information content (AvgIpc) is 2.94. The van der Waals surface area contributed by atoms with Crippen molar-refractivity contribution < 1.29 is 35.6 Å². The molecule has 0 saturated carbocycles. The largest absolute Gasteiger partial charge is 0.307 e. The van der Waals surface area contributed by atoms with Gasteiger partial charge in [0.15, 0.2) is 4.90 Å². The predicted molar refractivity (Wildman–Crippen MR) is 123 cm³/mol. The monoisotopic (exact) mass is 540 g/mol. The number of fused-ring (bicyclic) bond motifs is 1. The third-order valence-corrected chi connectivity index (χ3v) is 7.58. The molecule has 0 aromatic heterocycles. The molecule has 0 radical (unpaired) electrons. The van der Waals surface area contributed by atoms with Gasteiger partial charge in [0.2, 0.25) is 5.91 Å². The lowest BCUT2D eigenvalue weighted by atomic mass is 9.86. The van der Waals surface area contributed by atoms with Gasteiger partial charge in [-0.2, -0.15) is 0 Å². The first-order valence-electron chi connectivity index (χ1n) is 10.3. The van der Waals surface area contributed by atoms with Crippen LogP contribution < -0.4 is 9.62 Å². The number of carbonyl (C=O) groups excluding carboxylic acids is 2. The molecule has 6 nitrogen and oxygen atoms in total. The number of halogens is 5. The third-order valence-electron chi connectivity index (χ3n) is 5.84. The predicted octanol–water partition coefficient (Wildman–Crippen LogP) is 4.84. The van der Waals surface area contributed by atoms with E-state index < -0.39 is 55.4 Å². The summed E-state index contributed by atoms with van der Waals surface area (Å²) in [6.07, 6.45) is 0. The summed E-state index contributed by atoms with van der Waals surface area (Å²) >= 11 is 6.11. The number of nitrogens with one attached hydrogen (secondary N) is 1. The molecule has 1 aliphatic rings. The van der Waals surface area contributed by atoms with Crippen molar-refractivity contribution in [2.45, 2.75) is 30.7 Å². The van der Waals surface area contributed by atoms with Crippen LogP contribution in [-0.4, -0.2) is 20.2 Å². The van der Waals surface area contributed by atoms with Gasteiger partial charge in [-0.15, -0.1) is 0 Å². The summed E-state index contributed by atoms with van der Waals surface area (Å²) in [4.78, 5) is 25.6. The molecule has 1 heterocycles. The molecule has 0 unspecified atom stereocenters. The standard InChI is InChI=1S/C24H17ClF4N2O4S/c1-24(2)15-7-6-12(22(32)30-36(34,35)21-18(28)9-13(26)10-19(21)29)8-20(15)31(23(24)33)11-14-16(25)4-3-5-17(14)27/h3-10H,11H2,1-2H3,(H,30,32). The van der Waals surface area contributed by atoms with E-state index in [2.05, 4.69) is 0 Å². The van der Waals surface area contributed by atoms with E-state index >= 15 is 0 Å². The highest BCUT2D eigenvalue weighted by Gasteiger charge is 2.44. The van der Waals surface area contributed by atoms with Crippen LogP contribution in [0.4, 0.5) is 23.2 Å². The fourth-order valence-electron chi connectivity index (χ4n) is 4.00. The zero-order valence-electron chi connectivity index (χ0n) is 18.7. The zero-order valence-corrected chi connectivity index (χ0v) is 20.3. The first-order valence-corrected chi connectivity index (χ1v) is 12.2. The Morgan fingerprint density at radius 3 is 2.25 bits per heavy atom. The molecule has 188 valence electrons. The van der Waals surface area contributed by atoms with Crippen LogP contribution >= 0.6 is 11.6 Å². The van der Waals surface area contributed by atoms with Gasteiger partial charge in [-0.05, 0) is 43.7 Å². The lowest BCUT2D eigenvalue weighted by Crippen LogP contribution is -2.36. The number of carbonyl (C=O) groups is 2. The second kappa shape index (κ2) is 8.90. The minimum absolute atomic E-state index is 0.0378. The Morgan fingerprint density at radius 2 is 1.64 bits per heavy atom. The minimum Gasteiger partial charge on any atom is -0.307 e. The molecule has 2 amide bonds. The summed E-state index contributed by atoms with van der Waals surface area (Å²) in [5, 5.41) is 0.0809. The number of rotatable bonds is 5. The van der Waals surface area contributed by atoms with Gasteiger partial charge in [-0.1, -0.05) is 23.7 Å². The van der Waals surface area contributed by atoms with Gasteiger partial charge in [-0.3, -0.25) is 9.59 Å². The third kappa shape index (κ3) is 4.33. The maximum atomic E-state index is 14.4. The van der Waals surface area contributed by atoms with E-state index in [4.69, 9.17) is 11.6 Å². The Morgan fingerprint density at radius 1 is 1.00 bits per heavy atom. The van der Waals surface area contributed by atoms with E-state index in [0.29, 0.717) is 5.56 Å². The average molecular weight is 541 g/mol. The number of benzene rings is 3. The molecule has 0 atom stereocenters. The molecule has 3 aromatic rings. The Kier molecular flexibility index (Phi) is 6.34. The Labute approximate surface area is 208 Å². The van der Waals surface area contributed by atoms with Crippen LogP contribution in [0, 0.1) is 23.3 Å². The van der Waals surface area contributed by atoms with Crippen LogP contribution in [0.15, 0.2) is 53.4 Å². The van der Waals surface area contributed by atoms with Crippen molar-refractivity contribution in [3.63, 3.8) is 0 Å². The van der Waals surface area contributed by atoms with Gasteiger partial charge in [0.05, 0.1) is 12.0 Å². The molecule has 0 aliphatic carbocycles. The number of amides is 2. The lowest BCUT2D eigenvalue weighted by molar-refractivity contribution is -0.122. The number of hydrogen-bond donors (Lipinski definition) is 1. The SMILES string of the molecule is CC1(C)C(=O)N(Cc2c(F)cccc2Cl)c2cc(C(=O)NS(=O)(=O)c3c(F)cc(F)cc3F)ccc21. The maximum absolute atomic E-state index is 14.4. The van der Waals surface area contributed by atoms with Crippen molar-refractivity contribution >= 4 is 39.1 Å². The number of anilines is 1. The Hall–Kier alpha value is -3.44. The highest BCUT2D eigenvalue weighted by molar-refractivity contribution is 7.90. The number of nitrogens with zero attached hydrogens (tertiary/aromatic N) is 1. The highest BCUT2D eigenvalue weighted by atomic mass is 35.5. The van der Waals surface area contributed by atoms with Crippen molar-refractivity contribution in [2.24, 2.45) is 0 Å². The van der Waals surface area contributed by atoms with Gasteiger partial charge in [0.25, 0.3) is 15.9 Å². The first-order chi connectivity index (χ1) is 16.7. The van der Waals surface area contributed by atoms with Crippen LogP contribution in [0.1, 0.15) is 35.3 Å². The molecule has 0 fully saturated rings. The van der Waals surface area contributed by atoms with Gasteiger partial charge in [0.1, 0.15) is 23.3 Å². The van der Waals surface area contributed by atoms with Gasteiger partial charge in [0, 0.05) is 34.0 Å². The van der Waals surface area contributed by atoms with Crippen LogP contribution in [-0.2, 0) is 26.8 Å². The summed E-state index contributed by atoms with van der Waals surface area (Å²) < 4.78 is 82.1. The van der Waals surface area contributed by atoms with Crippen LogP contribution in [0.2, 0.25) is 5.02 Å². The van der Waals surface area contributed by atoms with Gasteiger partial charge >= 0.3 is 0 Å². The zero-order chi connectivity index (χ0) is 26.6. The minimum atomic E-state index is -5.07. The molecule has 0 saturated heterocycles. The first kappa shape index (κ1) is 25.6. The summed E-state index contributed by atoms with van der Waals surface area (Å²) in [5.74, 6) is -7.11. The smallest absolute Gasteiger partial charge is 0.270 e. The van der Waals surface area contributed by atoms with E-state index in [-0.39, 0.29) is 40.5 Å². The second-order valence-corrected chi connectivity index (χ2v) is 10.6. The van der Waals surface area contributed by atoms with Crippen molar-refractivity contribution in [1.82, 2.24) is 4.72 Å². The van der Waals surface area contributed by atoms with E-state index in [0.717, 1.165) is 0 Å². The summed E-state index contributed by atoms with van der Waals surface area (Å²) in [6, 6.07) is 8.23. The molecule has 12 heteroatoms. The van der Waals surface area contributed by atoms with Crippen molar-refractivity contribution in [2.75, 3.05) is 4.90 Å². The quantitative estimate of drug-likeness (QED) is 0.470.